The highest BCUT2D eigenvalue weighted by molar-refractivity contribution is 7.08. The Labute approximate surface area is 156 Å². The molecule has 0 radical (unpaired) electrons. The largest absolute Gasteiger partial charge is 0.352 e. The summed E-state index contributed by atoms with van der Waals surface area (Å²) in [7, 11) is 0. The van der Waals surface area contributed by atoms with E-state index in [0.29, 0.717) is 6.54 Å². The highest BCUT2D eigenvalue weighted by atomic mass is 32.1. The smallest absolute Gasteiger partial charge is 0.252 e. The first-order valence-corrected chi connectivity index (χ1v) is 9.69. The van der Waals surface area contributed by atoms with Crippen LogP contribution in [-0.2, 0) is 13.1 Å². The van der Waals surface area contributed by atoms with Crippen molar-refractivity contribution < 1.29 is 4.79 Å². The molecule has 3 aromatic rings. The molecule has 0 saturated carbocycles. The lowest BCUT2D eigenvalue weighted by Crippen LogP contribution is -2.39. The second kappa shape index (κ2) is 7.80. The molecule has 1 N–H and O–H groups in total. The van der Waals surface area contributed by atoms with Gasteiger partial charge in [0.05, 0.1) is 17.4 Å². The summed E-state index contributed by atoms with van der Waals surface area (Å²) in [5, 5.41) is 11.3. The van der Waals surface area contributed by atoms with Gasteiger partial charge >= 0.3 is 0 Å². The van der Waals surface area contributed by atoms with Crippen LogP contribution in [0.5, 0.6) is 0 Å². The van der Waals surface area contributed by atoms with Crippen molar-refractivity contribution in [2.45, 2.75) is 25.6 Å². The van der Waals surface area contributed by atoms with E-state index in [-0.39, 0.29) is 11.9 Å². The third-order valence-corrected chi connectivity index (χ3v) is 5.29. The zero-order valence-electron chi connectivity index (χ0n) is 14.4. The molecular weight excluding hydrogens is 346 g/mol. The van der Waals surface area contributed by atoms with Crippen LogP contribution in [0.25, 0.3) is 0 Å². The number of thiophene rings is 1. The first-order valence-electron chi connectivity index (χ1n) is 8.74. The summed E-state index contributed by atoms with van der Waals surface area (Å²) in [5.41, 5.74) is 3.02. The minimum Gasteiger partial charge on any atom is -0.352 e. The molecule has 3 aromatic heterocycles. The van der Waals surface area contributed by atoms with Crippen molar-refractivity contribution in [3.63, 3.8) is 0 Å². The van der Waals surface area contributed by atoms with Crippen molar-refractivity contribution in [3.05, 3.63) is 70.4 Å². The second-order valence-electron chi connectivity index (χ2n) is 6.47. The molecule has 4 heterocycles. The van der Waals surface area contributed by atoms with E-state index in [4.69, 9.17) is 0 Å². The number of nitrogens with zero attached hydrogens (tertiary/aromatic N) is 4. The molecule has 1 atom stereocenters. The number of hydrogen-bond acceptors (Lipinski definition) is 5. The summed E-state index contributed by atoms with van der Waals surface area (Å²) in [6, 6.07) is 10.2. The number of pyridine rings is 1. The van der Waals surface area contributed by atoms with Crippen molar-refractivity contribution in [1.29, 1.82) is 0 Å². The number of amides is 1. The van der Waals surface area contributed by atoms with Gasteiger partial charge in [-0.1, -0.05) is 6.07 Å². The average Bonchev–Trinajstić information content (AvgIpc) is 3.34. The number of hydrogen-bond donors (Lipinski definition) is 1. The standard InChI is InChI=1S/C19H21N5OS/c25-19(15-6-10-26-14-15)21-8-4-17-12-23(11-16-3-1-2-7-20-16)13-18-5-9-22-24(17)18/h1-3,5-7,9-10,14,17H,4,8,11-13H2,(H,21,25)/t17-/m1/s1. The molecule has 0 aliphatic carbocycles. The fourth-order valence-corrected chi connectivity index (χ4v) is 4.00. The lowest BCUT2D eigenvalue weighted by Gasteiger charge is -2.33. The molecule has 0 bridgehead atoms. The van der Waals surface area contributed by atoms with Gasteiger partial charge in [-0.25, -0.2) is 0 Å². The van der Waals surface area contributed by atoms with Crippen molar-refractivity contribution in [2.75, 3.05) is 13.1 Å². The Kier molecular flexibility index (Phi) is 5.08. The van der Waals surface area contributed by atoms with Gasteiger partial charge in [0.15, 0.2) is 0 Å². The fraction of sp³-hybridized carbons (Fsp3) is 0.316. The van der Waals surface area contributed by atoms with Gasteiger partial charge in [0.2, 0.25) is 0 Å². The van der Waals surface area contributed by atoms with E-state index >= 15 is 0 Å². The van der Waals surface area contributed by atoms with Crippen LogP contribution in [0, 0.1) is 0 Å². The monoisotopic (exact) mass is 367 g/mol. The van der Waals surface area contributed by atoms with Crippen molar-refractivity contribution in [1.82, 2.24) is 25.0 Å². The van der Waals surface area contributed by atoms with Crippen LogP contribution < -0.4 is 5.32 Å². The van der Waals surface area contributed by atoms with E-state index < -0.39 is 0 Å². The molecular formula is C19H21N5OS. The highest BCUT2D eigenvalue weighted by Gasteiger charge is 2.25. The Morgan fingerprint density at radius 3 is 3.04 bits per heavy atom. The predicted molar refractivity (Wildman–Crippen MR) is 101 cm³/mol. The molecule has 0 aromatic carbocycles. The van der Waals surface area contributed by atoms with Crippen LogP contribution in [0.2, 0.25) is 0 Å². The SMILES string of the molecule is O=C(NCC[C@@H]1CN(Cc2ccccn2)Cc2ccnn21)c1ccsc1. The Balaban J connectivity index is 1.38. The Bertz CT molecular complexity index is 846. The molecule has 0 unspecified atom stereocenters. The van der Waals surface area contributed by atoms with E-state index in [9.17, 15) is 4.79 Å². The Morgan fingerprint density at radius 1 is 1.27 bits per heavy atom. The highest BCUT2D eigenvalue weighted by Crippen LogP contribution is 2.23. The molecule has 1 aliphatic heterocycles. The maximum absolute atomic E-state index is 12.1. The van der Waals surface area contributed by atoms with Gasteiger partial charge in [-0.05, 0) is 36.1 Å². The fourth-order valence-electron chi connectivity index (χ4n) is 3.37. The van der Waals surface area contributed by atoms with E-state index in [1.807, 2.05) is 41.4 Å². The predicted octanol–water partition coefficient (Wildman–Crippen LogP) is 2.72. The molecule has 4 rings (SSSR count). The normalized spacial score (nSPS) is 17.0. The van der Waals surface area contributed by atoms with Crippen LogP contribution in [0.1, 0.15) is 34.2 Å². The third-order valence-electron chi connectivity index (χ3n) is 4.61. The lowest BCUT2D eigenvalue weighted by atomic mass is 10.1. The summed E-state index contributed by atoms with van der Waals surface area (Å²) in [4.78, 5) is 18.9. The van der Waals surface area contributed by atoms with Crippen LogP contribution in [-0.4, -0.2) is 38.7 Å². The molecule has 1 amide bonds. The summed E-state index contributed by atoms with van der Waals surface area (Å²) in [5.74, 6) is -0.00640. The van der Waals surface area contributed by atoms with Gasteiger partial charge in [0.1, 0.15) is 0 Å². The van der Waals surface area contributed by atoms with Crippen LogP contribution in [0.3, 0.4) is 0 Å². The topological polar surface area (TPSA) is 63.1 Å². The van der Waals surface area contributed by atoms with E-state index in [1.54, 1.807) is 0 Å². The summed E-state index contributed by atoms with van der Waals surface area (Å²) in [6.45, 7) is 3.23. The zero-order valence-corrected chi connectivity index (χ0v) is 15.2. The van der Waals surface area contributed by atoms with Gasteiger partial charge in [-0.15, -0.1) is 0 Å². The second-order valence-corrected chi connectivity index (χ2v) is 7.25. The number of carbonyl (C=O) groups excluding carboxylic acids is 1. The molecule has 134 valence electrons. The molecule has 0 saturated heterocycles. The molecule has 6 nitrogen and oxygen atoms in total. The summed E-state index contributed by atoms with van der Waals surface area (Å²) >= 11 is 1.53. The molecule has 0 spiro atoms. The van der Waals surface area contributed by atoms with Crippen molar-refractivity contribution in [2.24, 2.45) is 0 Å². The van der Waals surface area contributed by atoms with Crippen LogP contribution >= 0.6 is 11.3 Å². The van der Waals surface area contributed by atoms with Crippen molar-refractivity contribution in [3.8, 4) is 0 Å². The van der Waals surface area contributed by atoms with E-state index in [0.717, 1.165) is 37.3 Å². The molecule has 0 fully saturated rings. The maximum atomic E-state index is 12.1. The molecule has 1 aliphatic rings. The average molecular weight is 367 g/mol. The van der Waals surface area contributed by atoms with Gasteiger partial charge in [-0.3, -0.25) is 19.4 Å². The zero-order chi connectivity index (χ0) is 17.8. The number of nitrogens with one attached hydrogen (secondary N) is 1. The summed E-state index contributed by atoms with van der Waals surface area (Å²) < 4.78 is 2.10. The van der Waals surface area contributed by atoms with Gasteiger partial charge in [-0.2, -0.15) is 16.4 Å². The maximum Gasteiger partial charge on any atom is 0.252 e. The number of rotatable bonds is 6. The number of carbonyl (C=O) groups is 1. The first kappa shape index (κ1) is 16.9. The van der Waals surface area contributed by atoms with Gasteiger partial charge in [0.25, 0.3) is 5.91 Å². The lowest BCUT2D eigenvalue weighted by molar-refractivity contribution is 0.0947. The quantitative estimate of drug-likeness (QED) is 0.728. The van der Waals surface area contributed by atoms with Gasteiger partial charge in [0, 0.05) is 49.5 Å². The number of aromatic nitrogens is 3. The number of fused-ring (bicyclic) bond motifs is 1. The Morgan fingerprint density at radius 2 is 2.23 bits per heavy atom. The minimum absolute atomic E-state index is 0.00640. The van der Waals surface area contributed by atoms with Crippen LogP contribution in [0.4, 0.5) is 0 Å². The van der Waals surface area contributed by atoms with Crippen molar-refractivity contribution >= 4 is 17.2 Å². The van der Waals surface area contributed by atoms with E-state index in [1.165, 1.54) is 17.0 Å². The minimum atomic E-state index is -0.00640. The molecule has 7 heteroatoms. The third kappa shape index (κ3) is 3.84. The summed E-state index contributed by atoms with van der Waals surface area (Å²) in [6.07, 6.45) is 4.54. The van der Waals surface area contributed by atoms with E-state index in [2.05, 4.69) is 37.1 Å². The Hall–Kier alpha value is -2.51. The first-order chi connectivity index (χ1) is 12.8. The molecule has 26 heavy (non-hydrogen) atoms. The van der Waals surface area contributed by atoms with Crippen LogP contribution in [0.15, 0.2) is 53.5 Å². The van der Waals surface area contributed by atoms with Gasteiger partial charge < -0.3 is 5.32 Å².